The molecule has 0 unspecified atom stereocenters. The van der Waals surface area contributed by atoms with Gasteiger partial charge in [-0.2, -0.15) is 0 Å². The van der Waals surface area contributed by atoms with Crippen LogP contribution in [0, 0.1) is 0 Å². The van der Waals surface area contributed by atoms with Crippen molar-refractivity contribution in [1.29, 1.82) is 0 Å². The first-order valence-electron chi connectivity index (χ1n) is 6.34. The summed E-state index contributed by atoms with van der Waals surface area (Å²) in [5.41, 5.74) is 8.08. The van der Waals surface area contributed by atoms with Crippen molar-refractivity contribution in [2.75, 3.05) is 0 Å². The molecule has 5 rings (SSSR count). The summed E-state index contributed by atoms with van der Waals surface area (Å²) in [6, 6.07) is 15.1. The summed E-state index contributed by atoms with van der Waals surface area (Å²) >= 11 is 0. The topological polar surface area (TPSA) is 12.4 Å². The van der Waals surface area contributed by atoms with Crippen LogP contribution in [-0.4, -0.2) is 6.21 Å². The average Bonchev–Trinajstić information content (AvgIpc) is 2.50. The fraction of sp³-hybridized carbons (Fsp3) is 0.118. The molecule has 1 aliphatic carbocycles. The molecule has 0 aromatic heterocycles. The number of nitrogens with zero attached hydrogens (tertiary/aromatic N) is 1. The quantitative estimate of drug-likeness (QED) is 0.647. The van der Waals surface area contributed by atoms with E-state index in [0.717, 1.165) is 18.5 Å². The molecule has 0 atom stereocenters. The normalized spacial score (nSPS) is 15.4. The van der Waals surface area contributed by atoms with Crippen molar-refractivity contribution in [1.82, 2.24) is 0 Å². The van der Waals surface area contributed by atoms with E-state index >= 15 is 0 Å². The van der Waals surface area contributed by atoms with Crippen molar-refractivity contribution >= 4 is 11.9 Å². The number of allylic oxidation sites excluding steroid dienone is 2. The van der Waals surface area contributed by atoms with E-state index in [1.165, 1.54) is 27.8 Å². The first-order valence-corrected chi connectivity index (χ1v) is 6.34. The van der Waals surface area contributed by atoms with Crippen molar-refractivity contribution in [3.8, 4) is 11.1 Å². The van der Waals surface area contributed by atoms with Crippen LogP contribution in [-0.2, 0) is 12.8 Å². The lowest BCUT2D eigenvalue weighted by Crippen LogP contribution is -2.07. The smallest absolute Gasteiger partial charge is 0.0708 e. The van der Waals surface area contributed by atoms with E-state index in [1.54, 1.807) is 0 Å². The monoisotopic (exact) mass is 231 g/mol. The Morgan fingerprint density at radius 2 is 1.61 bits per heavy atom. The number of fused-ring (bicyclic) bond motifs is 1. The number of para-hydroxylation sites is 1. The van der Waals surface area contributed by atoms with Crippen LogP contribution in [0.1, 0.15) is 11.1 Å². The summed E-state index contributed by atoms with van der Waals surface area (Å²) in [4.78, 5) is 4.59. The third kappa shape index (κ3) is 1.37. The predicted octanol–water partition coefficient (Wildman–Crippen LogP) is 4.09. The Bertz CT molecular complexity index is 666. The lowest BCUT2D eigenvalue weighted by molar-refractivity contribution is 0.996. The molecule has 18 heavy (non-hydrogen) atoms. The van der Waals surface area contributed by atoms with Crippen molar-refractivity contribution in [3.63, 3.8) is 0 Å². The second-order valence-electron chi connectivity index (χ2n) is 4.93. The third-order valence-electron chi connectivity index (χ3n) is 3.77. The highest BCUT2D eigenvalue weighted by Crippen LogP contribution is 2.40. The summed E-state index contributed by atoms with van der Waals surface area (Å²) in [5, 5.41) is 0. The van der Waals surface area contributed by atoms with Crippen LogP contribution in [0.15, 0.2) is 59.1 Å². The van der Waals surface area contributed by atoms with Crippen LogP contribution in [0.5, 0.6) is 0 Å². The van der Waals surface area contributed by atoms with Gasteiger partial charge in [0.05, 0.1) is 5.69 Å². The van der Waals surface area contributed by atoms with Gasteiger partial charge in [-0.3, -0.25) is 4.99 Å². The van der Waals surface area contributed by atoms with Gasteiger partial charge in [0.15, 0.2) is 0 Å². The zero-order chi connectivity index (χ0) is 11.9. The minimum atomic E-state index is 1.06. The SMILES string of the molecule is C1=Nc2ccccc2-c2c3cccc2CC(=C1)C3. The van der Waals surface area contributed by atoms with Crippen molar-refractivity contribution in [2.24, 2.45) is 4.99 Å². The van der Waals surface area contributed by atoms with Gasteiger partial charge in [0.2, 0.25) is 0 Å². The van der Waals surface area contributed by atoms with E-state index in [2.05, 4.69) is 53.5 Å². The summed E-state index contributed by atoms with van der Waals surface area (Å²) in [6.07, 6.45) is 6.24. The summed E-state index contributed by atoms with van der Waals surface area (Å²) in [5.74, 6) is 0. The van der Waals surface area contributed by atoms with Gasteiger partial charge >= 0.3 is 0 Å². The Balaban J connectivity index is 2.12. The molecule has 2 aromatic rings. The maximum absolute atomic E-state index is 4.59. The molecule has 2 aliphatic heterocycles. The number of aliphatic imine (C=N–C) groups is 1. The largest absolute Gasteiger partial charge is 0.256 e. The highest BCUT2D eigenvalue weighted by Gasteiger charge is 2.20. The molecular weight excluding hydrogens is 218 g/mol. The van der Waals surface area contributed by atoms with Crippen LogP contribution >= 0.6 is 0 Å². The van der Waals surface area contributed by atoms with Crippen molar-refractivity contribution in [3.05, 3.63) is 65.2 Å². The number of hydrogen-bond donors (Lipinski definition) is 0. The maximum Gasteiger partial charge on any atom is 0.0708 e. The highest BCUT2D eigenvalue weighted by molar-refractivity contribution is 5.87. The maximum atomic E-state index is 4.59. The van der Waals surface area contributed by atoms with Gasteiger partial charge in [-0.05, 0) is 41.7 Å². The minimum absolute atomic E-state index is 1.06. The summed E-state index contributed by atoms with van der Waals surface area (Å²) in [6.45, 7) is 0. The molecular formula is C17H13N. The van der Waals surface area contributed by atoms with E-state index in [4.69, 9.17) is 0 Å². The van der Waals surface area contributed by atoms with Gasteiger partial charge in [0, 0.05) is 11.8 Å². The van der Waals surface area contributed by atoms with Gasteiger partial charge in [-0.15, -0.1) is 0 Å². The van der Waals surface area contributed by atoms with Crippen LogP contribution in [0.4, 0.5) is 5.69 Å². The molecule has 0 N–H and O–H groups in total. The number of benzene rings is 2. The van der Waals surface area contributed by atoms with Crippen molar-refractivity contribution in [2.45, 2.75) is 12.8 Å². The fourth-order valence-electron chi connectivity index (χ4n) is 2.98. The fourth-order valence-corrected chi connectivity index (χ4v) is 2.98. The Morgan fingerprint density at radius 3 is 2.44 bits per heavy atom. The van der Waals surface area contributed by atoms with Crippen LogP contribution < -0.4 is 0 Å². The van der Waals surface area contributed by atoms with E-state index in [0.29, 0.717) is 0 Å². The molecule has 0 spiro atoms. The van der Waals surface area contributed by atoms with Crippen molar-refractivity contribution < 1.29 is 0 Å². The minimum Gasteiger partial charge on any atom is -0.256 e. The Morgan fingerprint density at radius 1 is 0.833 bits per heavy atom. The second kappa shape index (κ2) is 3.67. The molecule has 86 valence electrons. The van der Waals surface area contributed by atoms with Gasteiger partial charge in [0.25, 0.3) is 0 Å². The molecule has 1 nitrogen and oxygen atoms in total. The van der Waals surface area contributed by atoms with Gasteiger partial charge in [-0.25, -0.2) is 0 Å². The molecule has 0 fully saturated rings. The van der Waals surface area contributed by atoms with Gasteiger partial charge < -0.3 is 0 Å². The average molecular weight is 231 g/mol. The summed E-state index contributed by atoms with van der Waals surface area (Å²) in [7, 11) is 0. The Labute approximate surface area is 107 Å². The summed E-state index contributed by atoms with van der Waals surface area (Å²) < 4.78 is 0. The van der Waals surface area contributed by atoms with E-state index in [-0.39, 0.29) is 0 Å². The second-order valence-corrected chi connectivity index (χ2v) is 4.93. The first-order chi connectivity index (χ1) is 8.92. The van der Waals surface area contributed by atoms with E-state index in [1.807, 2.05) is 6.21 Å². The molecule has 3 aliphatic rings. The van der Waals surface area contributed by atoms with Gasteiger partial charge in [0.1, 0.15) is 0 Å². The highest BCUT2D eigenvalue weighted by atomic mass is 14.7. The molecule has 2 aromatic carbocycles. The van der Waals surface area contributed by atoms with E-state index < -0.39 is 0 Å². The van der Waals surface area contributed by atoms with E-state index in [9.17, 15) is 0 Å². The molecule has 0 saturated heterocycles. The zero-order valence-electron chi connectivity index (χ0n) is 10.1. The zero-order valence-corrected chi connectivity index (χ0v) is 10.1. The molecule has 4 bridgehead atoms. The Hall–Kier alpha value is -2.15. The lowest BCUT2D eigenvalue weighted by Gasteiger charge is -2.22. The standard InChI is InChI=1S/C17H13N/c1-2-7-16-15(6-1)17-13-4-3-5-14(17)11-12(10-13)8-9-18-16/h1-9H,10-11H2. The molecule has 0 radical (unpaired) electrons. The molecule has 2 heterocycles. The number of rotatable bonds is 0. The predicted molar refractivity (Wildman–Crippen MR) is 75.5 cm³/mol. The molecule has 0 saturated carbocycles. The third-order valence-corrected chi connectivity index (χ3v) is 3.77. The van der Waals surface area contributed by atoms with Crippen LogP contribution in [0.3, 0.4) is 0 Å². The number of hydrogen-bond acceptors (Lipinski definition) is 1. The van der Waals surface area contributed by atoms with Crippen LogP contribution in [0.25, 0.3) is 11.1 Å². The lowest BCUT2D eigenvalue weighted by atomic mass is 9.82. The molecule has 1 heteroatoms. The Kier molecular flexibility index (Phi) is 2.01. The first kappa shape index (κ1) is 9.84. The van der Waals surface area contributed by atoms with Gasteiger partial charge in [-0.1, -0.05) is 42.0 Å². The molecule has 0 amide bonds. The van der Waals surface area contributed by atoms with Crippen LogP contribution in [0.2, 0.25) is 0 Å².